The Morgan fingerprint density at radius 2 is 2.04 bits per heavy atom. The van der Waals surface area contributed by atoms with E-state index in [0.717, 1.165) is 58.2 Å². The molecule has 1 fully saturated rings. The number of aliphatic imine (C=N–C) groups is 1. The molecule has 2 N–H and O–H groups in total. The Bertz CT molecular complexity index is 614. The molecule has 26 heavy (non-hydrogen) atoms. The first-order valence-electron chi connectivity index (χ1n) is 9.84. The van der Waals surface area contributed by atoms with E-state index in [9.17, 15) is 0 Å². The molecule has 5 nitrogen and oxygen atoms in total. The summed E-state index contributed by atoms with van der Waals surface area (Å²) in [6, 6.07) is 9.57. The fraction of sp³-hybridized carbons (Fsp3) is 0.571. The molecule has 2 aliphatic rings. The molecular formula is C21H32N4O. The van der Waals surface area contributed by atoms with E-state index in [2.05, 4.69) is 65.8 Å². The van der Waals surface area contributed by atoms with E-state index in [-0.39, 0.29) is 6.04 Å². The van der Waals surface area contributed by atoms with Crippen molar-refractivity contribution in [2.75, 3.05) is 39.4 Å². The Morgan fingerprint density at radius 1 is 1.27 bits per heavy atom. The summed E-state index contributed by atoms with van der Waals surface area (Å²) in [4.78, 5) is 7.45. The molecule has 0 bridgehead atoms. The second kappa shape index (κ2) is 9.74. The van der Waals surface area contributed by atoms with Gasteiger partial charge in [0.05, 0.1) is 25.8 Å². The highest BCUT2D eigenvalue weighted by molar-refractivity contribution is 5.80. The molecule has 1 atom stereocenters. The maximum atomic E-state index is 5.55. The van der Waals surface area contributed by atoms with Gasteiger partial charge in [0.25, 0.3) is 0 Å². The van der Waals surface area contributed by atoms with Gasteiger partial charge in [0.2, 0.25) is 0 Å². The van der Waals surface area contributed by atoms with Crippen molar-refractivity contribution in [1.29, 1.82) is 0 Å². The van der Waals surface area contributed by atoms with Crippen LogP contribution in [0.5, 0.6) is 0 Å². The number of hydrogen-bond acceptors (Lipinski definition) is 3. The predicted molar refractivity (Wildman–Crippen MR) is 108 cm³/mol. The summed E-state index contributed by atoms with van der Waals surface area (Å²) in [5.74, 6) is 0.923. The fourth-order valence-electron chi connectivity index (χ4n) is 3.62. The van der Waals surface area contributed by atoms with Gasteiger partial charge in [0, 0.05) is 25.7 Å². The molecule has 0 radical (unpaired) electrons. The highest BCUT2D eigenvalue weighted by atomic mass is 16.5. The van der Waals surface area contributed by atoms with Crippen molar-refractivity contribution < 1.29 is 4.74 Å². The number of ether oxygens (including phenoxy) is 1. The standard InChI is InChI=1S/C21H32N4O/c1-3-22-21(24-19-9-4-5-10-19)23-16-20(25-11-13-26-14-12-25)18-8-6-7-17(2)15-18/h4-8,15,19-20H,3,9-14,16H2,1-2H3,(H2,22,23,24). The quantitative estimate of drug-likeness (QED) is 0.467. The van der Waals surface area contributed by atoms with Crippen LogP contribution in [0.15, 0.2) is 41.4 Å². The topological polar surface area (TPSA) is 48.9 Å². The lowest BCUT2D eigenvalue weighted by molar-refractivity contribution is 0.0179. The smallest absolute Gasteiger partial charge is 0.191 e. The lowest BCUT2D eigenvalue weighted by Crippen LogP contribution is -2.44. The van der Waals surface area contributed by atoms with Crippen LogP contribution in [0, 0.1) is 6.92 Å². The molecular weight excluding hydrogens is 324 g/mol. The van der Waals surface area contributed by atoms with Crippen LogP contribution in [0.4, 0.5) is 0 Å². The summed E-state index contributed by atoms with van der Waals surface area (Å²) < 4.78 is 5.55. The number of rotatable bonds is 6. The maximum Gasteiger partial charge on any atom is 0.191 e. The Kier molecular flexibility index (Phi) is 7.09. The summed E-state index contributed by atoms with van der Waals surface area (Å²) in [6.45, 7) is 9.43. The van der Waals surface area contributed by atoms with E-state index in [1.165, 1.54) is 11.1 Å². The van der Waals surface area contributed by atoms with Crippen LogP contribution in [0.25, 0.3) is 0 Å². The molecule has 1 heterocycles. The predicted octanol–water partition coefficient (Wildman–Crippen LogP) is 2.64. The van der Waals surface area contributed by atoms with Gasteiger partial charge < -0.3 is 15.4 Å². The molecule has 1 saturated heterocycles. The lowest BCUT2D eigenvalue weighted by atomic mass is 10.0. The van der Waals surface area contributed by atoms with Crippen molar-refractivity contribution in [2.24, 2.45) is 4.99 Å². The first-order chi connectivity index (χ1) is 12.8. The average Bonchev–Trinajstić information content (AvgIpc) is 3.16. The summed E-state index contributed by atoms with van der Waals surface area (Å²) in [6.07, 6.45) is 6.64. The molecule has 0 saturated carbocycles. The van der Waals surface area contributed by atoms with Crippen molar-refractivity contribution in [3.8, 4) is 0 Å². The number of benzene rings is 1. The van der Waals surface area contributed by atoms with Crippen LogP contribution in [0.2, 0.25) is 0 Å². The Labute approximate surface area is 157 Å². The van der Waals surface area contributed by atoms with Crippen LogP contribution in [-0.4, -0.2) is 56.3 Å². The zero-order chi connectivity index (χ0) is 18.2. The van der Waals surface area contributed by atoms with Gasteiger partial charge in [-0.15, -0.1) is 0 Å². The number of morpholine rings is 1. The van der Waals surface area contributed by atoms with Crippen molar-refractivity contribution in [2.45, 2.75) is 38.8 Å². The highest BCUT2D eigenvalue weighted by Crippen LogP contribution is 2.23. The minimum atomic E-state index is 0.288. The van der Waals surface area contributed by atoms with E-state index < -0.39 is 0 Å². The number of nitrogens with zero attached hydrogens (tertiary/aromatic N) is 2. The monoisotopic (exact) mass is 356 g/mol. The van der Waals surface area contributed by atoms with Gasteiger partial charge in [-0.1, -0.05) is 42.0 Å². The van der Waals surface area contributed by atoms with Gasteiger partial charge in [0.1, 0.15) is 0 Å². The molecule has 142 valence electrons. The molecule has 3 rings (SSSR count). The molecule has 5 heteroatoms. The Balaban J connectivity index is 1.74. The van der Waals surface area contributed by atoms with Gasteiger partial charge >= 0.3 is 0 Å². The first kappa shape index (κ1) is 18.9. The molecule has 0 amide bonds. The molecule has 0 spiro atoms. The number of nitrogens with one attached hydrogen (secondary N) is 2. The second-order valence-corrected chi connectivity index (χ2v) is 7.08. The highest BCUT2D eigenvalue weighted by Gasteiger charge is 2.23. The van der Waals surface area contributed by atoms with Crippen molar-refractivity contribution in [3.63, 3.8) is 0 Å². The van der Waals surface area contributed by atoms with E-state index >= 15 is 0 Å². The summed E-state index contributed by atoms with van der Waals surface area (Å²) in [5, 5.41) is 6.97. The maximum absolute atomic E-state index is 5.55. The SMILES string of the molecule is CCNC(=NCC(c1cccc(C)c1)N1CCOCC1)NC1CC=CC1. The van der Waals surface area contributed by atoms with Crippen molar-refractivity contribution in [3.05, 3.63) is 47.5 Å². The van der Waals surface area contributed by atoms with Crippen molar-refractivity contribution in [1.82, 2.24) is 15.5 Å². The summed E-state index contributed by atoms with van der Waals surface area (Å²) in [7, 11) is 0. The number of aryl methyl sites for hydroxylation is 1. The van der Waals surface area contributed by atoms with Gasteiger partial charge in [-0.25, -0.2) is 0 Å². The zero-order valence-corrected chi connectivity index (χ0v) is 16.1. The zero-order valence-electron chi connectivity index (χ0n) is 16.1. The Hall–Kier alpha value is -1.85. The number of hydrogen-bond donors (Lipinski definition) is 2. The Morgan fingerprint density at radius 3 is 2.73 bits per heavy atom. The van der Waals surface area contributed by atoms with Crippen LogP contribution in [0.3, 0.4) is 0 Å². The lowest BCUT2D eigenvalue weighted by Gasteiger charge is -2.34. The molecule has 1 aliphatic heterocycles. The minimum absolute atomic E-state index is 0.288. The average molecular weight is 357 g/mol. The van der Waals surface area contributed by atoms with Crippen LogP contribution in [0.1, 0.15) is 36.9 Å². The normalized spacial score (nSPS) is 20.3. The number of guanidine groups is 1. The fourth-order valence-corrected chi connectivity index (χ4v) is 3.62. The molecule has 1 unspecified atom stereocenters. The van der Waals surface area contributed by atoms with E-state index in [4.69, 9.17) is 9.73 Å². The van der Waals surface area contributed by atoms with Gasteiger partial charge in [0.15, 0.2) is 5.96 Å². The molecule has 0 aromatic heterocycles. The third kappa shape index (κ3) is 5.32. The third-order valence-corrected chi connectivity index (χ3v) is 5.03. The summed E-state index contributed by atoms with van der Waals surface area (Å²) >= 11 is 0. The van der Waals surface area contributed by atoms with Gasteiger partial charge in [-0.3, -0.25) is 9.89 Å². The van der Waals surface area contributed by atoms with E-state index in [0.29, 0.717) is 6.04 Å². The third-order valence-electron chi connectivity index (χ3n) is 5.03. The molecule has 1 aliphatic carbocycles. The van der Waals surface area contributed by atoms with E-state index in [1.807, 2.05) is 0 Å². The summed E-state index contributed by atoms with van der Waals surface area (Å²) in [5.41, 5.74) is 2.64. The minimum Gasteiger partial charge on any atom is -0.379 e. The van der Waals surface area contributed by atoms with E-state index in [1.54, 1.807) is 0 Å². The second-order valence-electron chi connectivity index (χ2n) is 7.08. The van der Waals surface area contributed by atoms with Gasteiger partial charge in [-0.05, 0) is 32.3 Å². The molecule has 1 aromatic carbocycles. The van der Waals surface area contributed by atoms with Crippen LogP contribution in [-0.2, 0) is 4.74 Å². The van der Waals surface area contributed by atoms with Crippen LogP contribution < -0.4 is 10.6 Å². The largest absolute Gasteiger partial charge is 0.379 e. The van der Waals surface area contributed by atoms with Crippen LogP contribution >= 0.6 is 0 Å². The first-order valence-corrected chi connectivity index (χ1v) is 9.84. The van der Waals surface area contributed by atoms with Gasteiger partial charge in [-0.2, -0.15) is 0 Å². The van der Waals surface area contributed by atoms with Crippen molar-refractivity contribution >= 4 is 5.96 Å². The molecule has 1 aromatic rings.